The van der Waals surface area contributed by atoms with Crippen LogP contribution >= 0.6 is 0 Å². The Morgan fingerprint density at radius 1 is 1.00 bits per heavy atom. The summed E-state index contributed by atoms with van der Waals surface area (Å²) in [5, 5.41) is 12.7. The van der Waals surface area contributed by atoms with Gasteiger partial charge in [0.1, 0.15) is 6.61 Å². The van der Waals surface area contributed by atoms with Crippen LogP contribution in [-0.4, -0.2) is 59.6 Å². The van der Waals surface area contributed by atoms with Crippen LogP contribution in [0.5, 0.6) is 0 Å². The topological polar surface area (TPSA) is 87.2 Å². The zero-order valence-corrected chi connectivity index (χ0v) is 24.6. The van der Waals surface area contributed by atoms with Crippen molar-refractivity contribution in [3.63, 3.8) is 0 Å². The van der Waals surface area contributed by atoms with Crippen molar-refractivity contribution in [3.8, 4) is 0 Å². The summed E-state index contributed by atoms with van der Waals surface area (Å²) >= 11 is 0. The molecule has 7 heteroatoms. The molecule has 2 bridgehead atoms. The number of amides is 2. The van der Waals surface area contributed by atoms with E-state index in [9.17, 15) is 19.5 Å². The third-order valence-corrected chi connectivity index (χ3v) is 10.5. The van der Waals surface area contributed by atoms with Gasteiger partial charge in [-0.2, -0.15) is 0 Å². The summed E-state index contributed by atoms with van der Waals surface area (Å²) in [5.74, 6) is -1.58. The van der Waals surface area contributed by atoms with Gasteiger partial charge in [0.05, 0.1) is 16.9 Å². The summed E-state index contributed by atoms with van der Waals surface area (Å²) in [6, 6.07) is 17.2. The molecule has 1 unspecified atom stereocenters. The van der Waals surface area contributed by atoms with E-state index in [1.165, 1.54) is 5.56 Å². The minimum absolute atomic E-state index is 0.0970. The Bertz CT molecular complexity index is 1370. The molecular formula is C35H42N2O5. The number of benzene rings is 2. The molecule has 1 saturated carbocycles. The highest BCUT2D eigenvalue weighted by Crippen LogP contribution is 2.62. The van der Waals surface area contributed by atoms with E-state index in [2.05, 4.69) is 41.3 Å². The lowest BCUT2D eigenvalue weighted by Gasteiger charge is -2.66. The largest absolute Gasteiger partial charge is 0.461 e. The number of allylic oxidation sites excluding steroid dienone is 1. The number of esters is 1. The maximum atomic E-state index is 13.7. The molecule has 4 atom stereocenters. The van der Waals surface area contributed by atoms with E-state index < -0.39 is 22.9 Å². The Hall–Kier alpha value is -3.29. The average molecular weight is 571 g/mol. The fourth-order valence-corrected chi connectivity index (χ4v) is 8.35. The van der Waals surface area contributed by atoms with Crippen molar-refractivity contribution < 1.29 is 24.2 Å². The van der Waals surface area contributed by atoms with Gasteiger partial charge < -0.3 is 14.7 Å². The number of aryl methyl sites for hydroxylation is 1. The summed E-state index contributed by atoms with van der Waals surface area (Å²) in [5.41, 5.74) is -0.0285. The Kier molecular flexibility index (Phi) is 7.83. The first-order chi connectivity index (χ1) is 20.3. The van der Waals surface area contributed by atoms with E-state index in [-0.39, 0.29) is 41.5 Å². The first-order valence-corrected chi connectivity index (χ1v) is 15.5. The number of ether oxygens (including phenoxy) is 1. The normalized spacial score (nSPS) is 31.1. The van der Waals surface area contributed by atoms with Gasteiger partial charge in [0.25, 0.3) is 0 Å². The van der Waals surface area contributed by atoms with E-state index >= 15 is 0 Å². The second-order valence-electron chi connectivity index (χ2n) is 13.1. The molecule has 2 aliphatic carbocycles. The Morgan fingerprint density at radius 2 is 1.79 bits per heavy atom. The summed E-state index contributed by atoms with van der Waals surface area (Å²) < 4.78 is 6.12. The number of para-hydroxylation sites is 1. The van der Waals surface area contributed by atoms with Crippen molar-refractivity contribution >= 4 is 23.5 Å². The van der Waals surface area contributed by atoms with Crippen LogP contribution < -0.4 is 4.90 Å². The lowest BCUT2D eigenvalue weighted by Crippen LogP contribution is -2.73. The van der Waals surface area contributed by atoms with Gasteiger partial charge in [0.2, 0.25) is 11.8 Å². The number of imide groups is 1. The van der Waals surface area contributed by atoms with Gasteiger partial charge in [-0.3, -0.25) is 9.59 Å². The number of rotatable bonds is 8. The molecular weight excluding hydrogens is 528 g/mol. The van der Waals surface area contributed by atoms with Crippen LogP contribution in [0, 0.1) is 16.7 Å². The zero-order valence-electron chi connectivity index (χ0n) is 24.6. The molecule has 6 rings (SSSR count). The summed E-state index contributed by atoms with van der Waals surface area (Å²) in [4.78, 5) is 42.8. The van der Waals surface area contributed by atoms with Crippen LogP contribution in [0.25, 0.3) is 0 Å². The Balaban J connectivity index is 1.25. The minimum Gasteiger partial charge on any atom is -0.461 e. The van der Waals surface area contributed by atoms with Crippen LogP contribution in [-0.2, 0) is 20.7 Å². The van der Waals surface area contributed by atoms with Crippen molar-refractivity contribution in [3.05, 3.63) is 77.9 Å². The molecule has 2 saturated heterocycles. The minimum atomic E-state index is -0.975. The monoisotopic (exact) mass is 570 g/mol. The molecule has 222 valence electrons. The standard InChI is InChI=1S/C35H42N2O5/c1-26-22-30(38)37(31(26)39)29-16-7-6-15-28(29)32(40)42-25-34-19-11-18-33(17-8-3-9-20-35(33,34)41)23-36(24-34)21-10-14-27-12-4-2-5-13-27/h2-7,9,12-13,15-16,26,41H,8,10-11,14,17-25H2,1H3/t26?,33-,34+,35+/m0/s1. The highest BCUT2D eigenvalue weighted by Gasteiger charge is 2.67. The molecule has 3 fully saturated rings. The number of likely N-dealkylation sites (tertiary alicyclic amines) is 1. The third kappa shape index (κ3) is 4.90. The summed E-state index contributed by atoms with van der Waals surface area (Å²) in [6.07, 6.45) is 11.6. The van der Waals surface area contributed by atoms with Crippen LogP contribution in [0.4, 0.5) is 5.69 Å². The summed E-state index contributed by atoms with van der Waals surface area (Å²) in [7, 11) is 0. The van der Waals surface area contributed by atoms with Crippen molar-refractivity contribution in [2.75, 3.05) is 31.1 Å². The van der Waals surface area contributed by atoms with Gasteiger partial charge in [-0.25, -0.2) is 9.69 Å². The van der Waals surface area contributed by atoms with Gasteiger partial charge in [0, 0.05) is 36.3 Å². The van der Waals surface area contributed by atoms with E-state index in [4.69, 9.17) is 4.74 Å². The number of carbonyl (C=O) groups excluding carboxylic acids is 3. The first-order valence-electron chi connectivity index (χ1n) is 15.5. The van der Waals surface area contributed by atoms with Gasteiger partial charge in [-0.05, 0) is 69.2 Å². The molecule has 7 nitrogen and oxygen atoms in total. The highest BCUT2D eigenvalue weighted by atomic mass is 16.5. The molecule has 0 aromatic heterocycles. The second kappa shape index (κ2) is 11.4. The van der Waals surface area contributed by atoms with Crippen molar-refractivity contribution in [1.29, 1.82) is 0 Å². The fourth-order valence-electron chi connectivity index (χ4n) is 8.35. The molecule has 42 heavy (non-hydrogen) atoms. The van der Waals surface area contributed by atoms with Crippen LogP contribution in [0.1, 0.15) is 74.2 Å². The van der Waals surface area contributed by atoms with Gasteiger partial charge >= 0.3 is 5.97 Å². The molecule has 0 radical (unpaired) electrons. The quantitative estimate of drug-likeness (QED) is 0.263. The predicted octanol–water partition coefficient (Wildman–Crippen LogP) is 5.32. The Morgan fingerprint density at radius 3 is 2.57 bits per heavy atom. The molecule has 4 aliphatic rings. The molecule has 2 aliphatic heterocycles. The number of hydrogen-bond acceptors (Lipinski definition) is 6. The number of carbonyl (C=O) groups is 3. The van der Waals surface area contributed by atoms with E-state index in [0.29, 0.717) is 13.0 Å². The number of nitrogens with zero attached hydrogens (tertiary/aromatic N) is 2. The van der Waals surface area contributed by atoms with Crippen LogP contribution in [0.15, 0.2) is 66.7 Å². The Labute approximate surface area is 248 Å². The first kappa shape index (κ1) is 28.8. The van der Waals surface area contributed by atoms with Crippen molar-refractivity contribution in [2.45, 2.75) is 70.3 Å². The number of hydrogen-bond donors (Lipinski definition) is 1. The molecule has 2 amide bonds. The number of aliphatic hydroxyl groups is 1. The number of anilines is 1. The maximum absolute atomic E-state index is 13.7. The fraction of sp³-hybridized carbons (Fsp3) is 0.514. The third-order valence-electron chi connectivity index (χ3n) is 10.5. The van der Waals surface area contributed by atoms with Crippen molar-refractivity contribution in [2.24, 2.45) is 16.7 Å². The van der Waals surface area contributed by atoms with E-state index in [0.717, 1.165) is 62.9 Å². The maximum Gasteiger partial charge on any atom is 0.340 e. The lowest BCUT2D eigenvalue weighted by molar-refractivity contribution is -0.255. The second-order valence-corrected chi connectivity index (χ2v) is 13.1. The molecule has 0 spiro atoms. The molecule has 1 N–H and O–H groups in total. The number of piperidine rings is 1. The molecule has 2 heterocycles. The average Bonchev–Trinajstić information content (AvgIpc) is 3.11. The van der Waals surface area contributed by atoms with Gasteiger partial charge in [0.15, 0.2) is 0 Å². The van der Waals surface area contributed by atoms with Gasteiger partial charge in [-0.1, -0.05) is 68.0 Å². The smallest absolute Gasteiger partial charge is 0.340 e. The predicted molar refractivity (Wildman–Crippen MR) is 161 cm³/mol. The van der Waals surface area contributed by atoms with E-state index in [1.807, 2.05) is 6.07 Å². The van der Waals surface area contributed by atoms with Gasteiger partial charge in [-0.15, -0.1) is 0 Å². The molecule has 2 aromatic carbocycles. The van der Waals surface area contributed by atoms with E-state index in [1.54, 1.807) is 31.2 Å². The molecule has 2 aromatic rings. The zero-order chi connectivity index (χ0) is 29.4. The van der Waals surface area contributed by atoms with Crippen LogP contribution in [0.2, 0.25) is 0 Å². The highest BCUT2D eigenvalue weighted by molar-refractivity contribution is 6.22. The lowest BCUT2D eigenvalue weighted by atomic mass is 9.47. The summed E-state index contributed by atoms with van der Waals surface area (Å²) in [6.45, 7) is 4.28. The van der Waals surface area contributed by atoms with Crippen LogP contribution in [0.3, 0.4) is 0 Å². The SMILES string of the molecule is CC1CC(=O)N(c2ccccc2C(=O)OC[C@]23CCC[C@@]4(CCC=CC[C@@]42O)CN(CCCc2ccccc2)C3)C1=O. The van der Waals surface area contributed by atoms with Crippen molar-refractivity contribution in [1.82, 2.24) is 4.90 Å².